The van der Waals surface area contributed by atoms with Crippen LogP contribution < -0.4 is 4.72 Å². The first-order chi connectivity index (χ1) is 15.5. The Labute approximate surface area is 189 Å². The molecule has 12 heteroatoms. The maximum absolute atomic E-state index is 12.8. The molecule has 2 aromatic carbocycles. The molecule has 0 radical (unpaired) electrons. The van der Waals surface area contributed by atoms with Crippen molar-refractivity contribution in [2.75, 3.05) is 11.0 Å². The molecule has 0 bridgehead atoms. The molecule has 0 saturated carbocycles. The molecule has 1 aliphatic rings. The Hall–Kier alpha value is -3.80. The normalized spacial score (nSPS) is 15.7. The van der Waals surface area contributed by atoms with Crippen LogP contribution in [0.2, 0.25) is 0 Å². The molecule has 1 heterocycles. The number of nitrogens with one attached hydrogen (secondary N) is 1. The van der Waals surface area contributed by atoms with Crippen LogP contribution in [0.4, 0.5) is 11.4 Å². The molecular formula is C21H22N4O7S. The van der Waals surface area contributed by atoms with Gasteiger partial charge >= 0.3 is 5.97 Å². The van der Waals surface area contributed by atoms with Gasteiger partial charge in [0.05, 0.1) is 22.9 Å². The number of carboxylic acids is 1. The number of hydrogen-bond donors (Lipinski definition) is 2. The molecule has 1 aliphatic heterocycles. The molecule has 0 fully saturated rings. The summed E-state index contributed by atoms with van der Waals surface area (Å²) in [7, 11) is -3.43. The summed E-state index contributed by atoms with van der Waals surface area (Å²) in [5.74, 6) is -1.40. The highest BCUT2D eigenvalue weighted by atomic mass is 32.2. The van der Waals surface area contributed by atoms with Crippen molar-refractivity contribution in [2.45, 2.75) is 31.7 Å². The second-order valence-electron chi connectivity index (χ2n) is 7.56. The Morgan fingerprint density at radius 2 is 1.91 bits per heavy atom. The number of sulfonamides is 1. The number of carboxylic acid groups (broad SMARTS) is 1. The predicted molar refractivity (Wildman–Crippen MR) is 120 cm³/mol. The van der Waals surface area contributed by atoms with Crippen LogP contribution in [-0.2, 0) is 19.6 Å². The van der Waals surface area contributed by atoms with Crippen molar-refractivity contribution in [3.05, 3.63) is 69.8 Å². The highest BCUT2D eigenvalue weighted by Gasteiger charge is 2.33. The first kappa shape index (κ1) is 23.9. The number of nitro groups is 1. The van der Waals surface area contributed by atoms with Gasteiger partial charge < -0.3 is 5.11 Å². The summed E-state index contributed by atoms with van der Waals surface area (Å²) in [6.07, 6.45) is 1.27. The van der Waals surface area contributed by atoms with Crippen molar-refractivity contribution in [1.29, 1.82) is 0 Å². The summed E-state index contributed by atoms with van der Waals surface area (Å²) in [6.45, 7) is 0. The third-order valence-electron chi connectivity index (χ3n) is 4.93. The number of carbonyl (C=O) groups excluding carboxylic acids is 1. The number of amides is 1. The van der Waals surface area contributed by atoms with E-state index in [0.29, 0.717) is 22.5 Å². The molecule has 1 atom stereocenters. The zero-order chi connectivity index (χ0) is 24.2. The van der Waals surface area contributed by atoms with Crippen LogP contribution in [0.15, 0.2) is 53.6 Å². The third-order valence-corrected chi connectivity index (χ3v) is 5.54. The largest absolute Gasteiger partial charge is 0.481 e. The topological polar surface area (TPSA) is 159 Å². The van der Waals surface area contributed by atoms with Crippen molar-refractivity contribution >= 4 is 39.0 Å². The van der Waals surface area contributed by atoms with Crippen LogP contribution in [0.1, 0.15) is 42.9 Å². The summed E-state index contributed by atoms with van der Waals surface area (Å²) >= 11 is 0. The van der Waals surface area contributed by atoms with Crippen LogP contribution in [0.25, 0.3) is 0 Å². The third kappa shape index (κ3) is 6.35. The van der Waals surface area contributed by atoms with Gasteiger partial charge in [-0.3, -0.25) is 24.4 Å². The van der Waals surface area contributed by atoms with Crippen LogP contribution in [0.5, 0.6) is 0 Å². The van der Waals surface area contributed by atoms with E-state index in [1.54, 1.807) is 30.3 Å². The zero-order valence-electron chi connectivity index (χ0n) is 17.7. The van der Waals surface area contributed by atoms with Crippen molar-refractivity contribution in [3.63, 3.8) is 0 Å². The van der Waals surface area contributed by atoms with Gasteiger partial charge in [-0.15, -0.1) is 0 Å². The highest BCUT2D eigenvalue weighted by molar-refractivity contribution is 7.92. The molecule has 2 aromatic rings. The summed E-state index contributed by atoms with van der Waals surface area (Å²) in [5.41, 5.74) is 1.99. The van der Waals surface area contributed by atoms with Gasteiger partial charge in [0.15, 0.2) is 0 Å². The van der Waals surface area contributed by atoms with Gasteiger partial charge in [0.2, 0.25) is 15.9 Å². The Balaban J connectivity index is 1.89. The molecule has 3 rings (SSSR count). The first-order valence-corrected chi connectivity index (χ1v) is 11.9. The van der Waals surface area contributed by atoms with E-state index < -0.39 is 32.9 Å². The number of nitrogens with zero attached hydrogens (tertiary/aromatic N) is 3. The molecule has 174 valence electrons. The lowest BCUT2D eigenvalue weighted by atomic mass is 9.97. The van der Waals surface area contributed by atoms with Gasteiger partial charge in [-0.2, -0.15) is 5.10 Å². The number of carbonyl (C=O) groups is 2. The molecule has 0 saturated heterocycles. The maximum Gasteiger partial charge on any atom is 0.303 e. The smallest absolute Gasteiger partial charge is 0.303 e. The monoisotopic (exact) mass is 474 g/mol. The SMILES string of the molecule is CS(=O)(=O)Nc1ccc(C2=NN(C(=O)CCCC(=O)O)[C@H](c3cccc([N+](=O)[O-])c3)C2)cc1. The lowest BCUT2D eigenvalue weighted by molar-refractivity contribution is -0.385. The summed E-state index contributed by atoms with van der Waals surface area (Å²) in [5, 5.41) is 25.7. The van der Waals surface area contributed by atoms with E-state index in [4.69, 9.17) is 5.11 Å². The van der Waals surface area contributed by atoms with Gasteiger partial charge in [0.1, 0.15) is 0 Å². The van der Waals surface area contributed by atoms with Gasteiger partial charge in [0, 0.05) is 37.1 Å². The molecule has 0 aromatic heterocycles. The molecule has 0 spiro atoms. The first-order valence-electron chi connectivity index (χ1n) is 9.97. The summed E-state index contributed by atoms with van der Waals surface area (Å²) < 4.78 is 25.2. The number of nitro benzene ring substituents is 1. The van der Waals surface area contributed by atoms with Gasteiger partial charge in [-0.25, -0.2) is 13.4 Å². The molecule has 33 heavy (non-hydrogen) atoms. The molecule has 11 nitrogen and oxygen atoms in total. The Morgan fingerprint density at radius 3 is 2.52 bits per heavy atom. The fourth-order valence-electron chi connectivity index (χ4n) is 3.47. The average molecular weight is 474 g/mol. The second kappa shape index (κ2) is 9.77. The standard InChI is InChI=1S/C21H22N4O7S/c1-33(31,32)23-16-10-8-14(9-11-16)18-13-19(15-4-2-5-17(12-15)25(29)30)24(22-18)20(26)6-3-7-21(27)28/h2,4-5,8-12,19,23H,3,6-7,13H2,1H3,(H,27,28)/t19-/m0/s1. The van der Waals surface area contributed by atoms with E-state index >= 15 is 0 Å². The molecule has 0 aliphatic carbocycles. The van der Waals surface area contributed by atoms with Gasteiger partial charge in [-0.05, 0) is 29.7 Å². The predicted octanol–water partition coefficient (Wildman–Crippen LogP) is 2.90. The van der Waals surface area contributed by atoms with Crippen molar-refractivity contribution in [2.24, 2.45) is 5.10 Å². The minimum atomic E-state index is -3.43. The minimum Gasteiger partial charge on any atom is -0.481 e. The number of aliphatic carboxylic acids is 1. The molecule has 0 unspecified atom stereocenters. The van der Waals surface area contributed by atoms with Crippen molar-refractivity contribution in [1.82, 2.24) is 5.01 Å². The van der Waals surface area contributed by atoms with Crippen LogP contribution in [0.3, 0.4) is 0 Å². The Morgan fingerprint density at radius 1 is 1.21 bits per heavy atom. The number of non-ortho nitro benzene ring substituents is 1. The number of hydrogen-bond acceptors (Lipinski definition) is 7. The summed E-state index contributed by atoms with van der Waals surface area (Å²) in [6, 6.07) is 11.8. The number of anilines is 1. The second-order valence-corrected chi connectivity index (χ2v) is 9.30. The van der Waals surface area contributed by atoms with E-state index in [0.717, 1.165) is 6.26 Å². The van der Waals surface area contributed by atoms with E-state index in [9.17, 15) is 28.1 Å². The Kier molecular flexibility index (Phi) is 7.07. The average Bonchev–Trinajstić information content (AvgIpc) is 3.18. The van der Waals surface area contributed by atoms with Crippen LogP contribution >= 0.6 is 0 Å². The van der Waals surface area contributed by atoms with E-state index in [-0.39, 0.29) is 31.4 Å². The van der Waals surface area contributed by atoms with E-state index in [1.807, 2.05) is 0 Å². The van der Waals surface area contributed by atoms with Crippen LogP contribution in [0, 0.1) is 10.1 Å². The zero-order valence-corrected chi connectivity index (χ0v) is 18.5. The quantitative estimate of drug-likeness (QED) is 0.417. The fourth-order valence-corrected chi connectivity index (χ4v) is 4.03. The van der Waals surface area contributed by atoms with Crippen LogP contribution in [-0.4, -0.2) is 47.3 Å². The van der Waals surface area contributed by atoms with Crippen molar-refractivity contribution in [3.8, 4) is 0 Å². The highest BCUT2D eigenvalue weighted by Crippen LogP contribution is 2.35. The number of rotatable bonds is 9. The molecular weight excluding hydrogens is 452 g/mol. The van der Waals surface area contributed by atoms with E-state index in [1.165, 1.54) is 23.2 Å². The minimum absolute atomic E-state index is 0.0360. The molecule has 1 amide bonds. The molecule has 2 N–H and O–H groups in total. The van der Waals surface area contributed by atoms with Gasteiger partial charge in [0.25, 0.3) is 5.69 Å². The number of hydrazone groups is 1. The lowest BCUT2D eigenvalue weighted by Crippen LogP contribution is -2.27. The Bertz CT molecular complexity index is 1210. The van der Waals surface area contributed by atoms with Crippen molar-refractivity contribution < 1.29 is 28.0 Å². The summed E-state index contributed by atoms with van der Waals surface area (Å²) in [4.78, 5) is 34.3. The lowest BCUT2D eigenvalue weighted by Gasteiger charge is -2.22. The van der Waals surface area contributed by atoms with E-state index in [2.05, 4.69) is 9.82 Å². The fraction of sp³-hybridized carbons (Fsp3) is 0.286. The maximum atomic E-state index is 12.8. The number of benzene rings is 2. The van der Waals surface area contributed by atoms with Gasteiger partial charge in [-0.1, -0.05) is 24.3 Å².